The minimum atomic E-state index is -4.28. The number of hydrogen-bond donors (Lipinski definition) is 1. The number of aliphatic carboxylic acids is 1. The molecule has 1 heterocycles. The van der Waals surface area contributed by atoms with Gasteiger partial charge < -0.3 is 9.84 Å². The quantitative estimate of drug-likeness (QED) is 0.349. The van der Waals surface area contributed by atoms with Gasteiger partial charge in [0.05, 0.1) is 27.4 Å². The molecule has 0 aliphatic carbocycles. The molecule has 0 aliphatic heterocycles. The standard InChI is InChI=1S/C24H19Cl2N3O6S/c1-35-16-5-9-21-18(13-16)23(30)29(28-27-21)11-10-22(24(31)32)36(33,34)17-6-2-14(3-7-17)15-4-8-19(25)20(26)12-15/h2-9,12-13,22H,10-11H2,1H3,(H,31,32). The molecule has 186 valence electrons. The lowest BCUT2D eigenvalue weighted by Crippen LogP contribution is -2.34. The minimum Gasteiger partial charge on any atom is -0.497 e. The number of hydrogen-bond acceptors (Lipinski definition) is 7. The number of methoxy groups -OCH3 is 1. The Hall–Kier alpha value is -3.47. The van der Waals surface area contributed by atoms with Crippen molar-refractivity contribution in [1.82, 2.24) is 15.0 Å². The number of carbonyl (C=O) groups is 1. The van der Waals surface area contributed by atoms with E-state index in [9.17, 15) is 23.1 Å². The van der Waals surface area contributed by atoms with Crippen LogP contribution in [-0.2, 0) is 21.2 Å². The molecule has 3 aromatic carbocycles. The zero-order valence-corrected chi connectivity index (χ0v) is 21.1. The van der Waals surface area contributed by atoms with Crippen molar-refractivity contribution in [3.05, 3.63) is 81.1 Å². The average molecular weight is 548 g/mol. The Bertz CT molecular complexity index is 1620. The predicted octanol–water partition coefficient (Wildman–Crippen LogP) is 4.09. The number of halogens is 2. The van der Waals surface area contributed by atoms with Gasteiger partial charge in [-0.05, 0) is 60.0 Å². The molecule has 9 nitrogen and oxygen atoms in total. The van der Waals surface area contributed by atoms with E-state index >= 15 is 0 Å². The van der Waals surface area contributed by atoms with Gasteiger partial charge in [-0.15, -0.1) is 5.10 Å². The SMILES string of the molecule is COc1ccc2nnn(CCC(C(=O)O)S(=O)(=O)c3ccc(-c4ccc(Cl)c(Cl)c4)cc3)c(=O)c2c1. The third-order valence-corrected chi connectivity index (χ3v) is 8.47. The Morgan fingerprint density at radius 3 is 2.36 bits per heavy atom. The van der Waals surface area contributed by atoms with Gasteiger partial charge in [0, 0.05) is 6.54 Å². The van der Waals surface area contributed by atoms with Gasteiger partial charge in [-0.2, -0.15) is 0 Å². The molecule has 0 amide bonds. The Morgan fingerprint density at radius 2 is 1.72 bits per heavy atom. The molecule has 1 aromatic heterocycles. The Kier molecular flexibility index (Phi) is 7.30. The maximum absolute atomic E-state index is 13.2. The van der Waals surface area contributed by atoms with Gasteiger partial charge in [0.1, 0.15) is 11.3 Å². The lowest BCUT2D eigenvalue weighted by molar-refractivity contribution is -0.136. The van der Waals surface area contributed by atoms with Crippen molar-refractivity contribution in [1.29, 1.82) is 0 Å². The smallest absolute Gasteiger partial charge is 0.322 e. The Balaban J connectivity index is 1.59. The van der Waals surface area contributed by atoms with Crippen LogP contribution in [0.4, 0.5) is 0 Å². The van der Waals surface area contributed by atoms with Crippen LogP contribution < -0.4 is 10.3 Å². The molecule has 0 aliphatic rings. The van der Waals surface area contributed by atoms with Crippen LogP contribution >= 0.6 is 23.2 Å². The lowest BCUT2D eigenvalue weighted by Gasteiger charge is -2.15. The average Bonchev–Trinajstić information content (AvgIpc) is 2.86. The van der Waals surface area contributed by atoms with Crippen molar-refractivity contribution in [2.24, 2.45) is 0 Å². The number of aryl methyl sites for hydroxylation is 1. The van der Waals surface area contributed by atoms with Crippen LogP contribution in [0.15, 0.2) is 70.4 Å². The fourth-order valence-corrected chi connectivity index (χ4v) is 5.48. The molecule has 36 heavy (non-hydrogen) atoms. The maximum Gasteiger partial charge on any atom is 0.322 e. The topological polar surface area (TPSA) is 128 Å². The van der Waals surface area contributed by atoms with Gasteiger partial charge in [-0.25, -0.2) is 13.1 Å². The molecule has 0 spiro atoms. The molecule has 0 saturated heterocycles. The summed E-state index contributed by atoms with van der Waals surface area (Å²) in [6.45, 7) is -0.267. The van der Waals surface area contributed by atoms with Crippen LogP contribution in [0.5, 0.6) is 5.75 Å². The zero-order valence-electron chi connectivity index (χ0n) is 18.8. The van der Waals surface area contributed by atoms with Gasteiger partial charge in [0.25, 0.3) is 5.56 Å². The van der Waals surface area contributed by atoms with E-state index in [2.05, 4.69) is 10.3 Å². The number of rotatable bonds is 8. The number of ether oxygens (including phenoxy) is 1. The largest absolute Gasteiger partial charge is 0.497 e. The first kappa shape index (κ1) is 25.6. The fraction of sp³-hybridized carbons (Fsp3) is 0.167. The monoisotopic (exact) mass is 547 g/mol. The number of benzene rings is 3. The number of fused-ring (bicyclic) bond motifs is 1. The summed E-state index contributed by atoms with van der Waals surface area (Å²) in [4.78, 5) is 24.6. The molecule has 1 unspecified atom stereocenters. The van der Waals surface area contributed by atoms with Gasteiger partial charge in [-0.1, -0.05) is 46.6 Å². The van der Waals surface area contributed by atoms with E-state index in [1.54, 1.807) is 42.5 Å². The van der Waals surface area contributed by atoms with Crippen LogP contribution in [-0.4, -0.2) is 46.8 Å². The van der Waals surface area contributed by atoms with Crippen molar-refractivity contribution in [3.8, 4) is 16.9 Å². The molecular formula is C24H19Cl2N3O6S. The molecule has 0 radical (unpaired) electrons. The number of aromatic nitrogens is 3. The van der Waals surface area contributed by atoms with E-state index in [1.165, 1.54) is 25.3 Å². The molecule has 0 bridgehead atoms. The summed E-state index contributed by atoms with van der Waals surface area (Å²) in [7, 11) is -2.83. The van der Waals surface area contributed by atoms with Crippen molar-refractivity contribution in [2.45, 2.75) is 23.1 Å². The second kappa shape index (κ2) is 10.3. The molecular weight excluding hydrogens is 529 g/mol. The third kappa shape index (κ3) is 5.06. The highest BCUT2D eigenvalue weighted by Gasteiger charge is 2.34. The first-order valence-electron chi connectivity index (χ1n) is 10.6. The molecule has 4 rings (SSSR count). The van der Waals surface area contributed by atoms with Crippen molar-refractivity contribution < 1.29 is 23.1 Å². The van der Waals surface area contributed by atoms with Crippen LogP contribution in [0.2, 0.25) is 10.0 Å². The molecule has 1 N–H and O–H groups in total. The molecule has 12 heteroatoms. The first-order chi connectivity index (χ1) is 17.1. The predicted molar refractivity (Wildman–Crippen MR) is 135 cm³/mol. The minimum absolute atomic E-state index is 0.166. The molecule has 4 aromatic rings. The summed E-state index contributed by atoms with van der Waals surface area (Å²) in [5.74, 6) is -1.10. The number of nitrogens with zero attached hydrogens (tertiary/aromatic N) is 3. The summed E-state index contributed by atoms with van der Waals surface area (Å²) < 4.78 is 32.4. The summed E-state index contributed by atoms with van der Waals surface area (Å²) in [5, 5.41) is 16.6. The van der Waals surface area contributed by atoms with Crippen molar-refractivity contribution >= 4 is 49.9 Å². The van der Waals surface area contributed by atoms with Crippen LogP contribution in [0.25, 0.3) is 22.0 Å². The normalized spacial score (nSPS) is 12.4. The van der Waals surface area contributed by atoms with E-state index in [0.717, 1.165) is 4.68 Å². The van der Waals surface area contributed by atoms with E-state index in [0.29, 0.717) is 32.4 Å². The molecule has 0 fully saturated rings. The van der Waals surface area contributed by atoms with Crippen molar-refractivity contribution in [2.75, 3.05) is 7.11 Å². The highest BCUT2D eigenvalue weighted by molar-refractivity contribution is 7.92. The van der Waals surface area contributed by atoms with E-state index < -0.39 is 33.0 Å². The van der Waals surface area contributed by atoms with Gasteiger partial charge in [0.2, 0.25) is 0 Å². The van der Waals surface area contributed by atoms with E-state index in [1.807, 2.05) is 0 Å². The molecule has 0 saturated carbocycles. The summed E-state index contributed by atoms with van der Waals surface area (Å²) in [6.07, 6.45) is -0.393. The summed E-state index contributed by atoms with van der Waals surface area (Å²) >= 11 is 12.0. The maximum atomic E-state index is 13.2. The second-order valence-corrected chi connectivity index (χ2v) is 10.8. The Morgan fingerprint density at radius 1 is 1.03 bits per heavy atom. The summed E-state index contributed by atoms with van der Waals surface area (Å²) in [5.41, 5.74) is 1.19. The third-order valence-electron chi connectivity index (χ3n) is 5.62. The van der Waals surface area contributed by atoms with Crippen LogP contribution in [0, 0.1) is 0 Å². The van der Waals surface area contributed by atoms with Crippen LogP contribution in [0.1, 0.15) is 6.42 Å². The van der Waals surface area contributed by atoms with Gasteiger partial charge >= 0.3 is 5.97 Å². The van der Waals surface area contributed by atoms with E-state index in [4.69, 9.17) is 27.9 Å². The highest BCUT2D eigenvalue weighted by Crippen LogP contribution is 2.30. The molecule has 1 atom stereocenters. The number of carboxylic acids is 1. The van der Waals surface area contributed by atoms with Crippen LogP contribution in [0.3, 0.4) is 0 Å². The Labute approximate surface area is 215 Å². The summed E-state index contributed by atoms with van der Waals surface area (Å²) in [6, 6.07) is 15.5. The second-order valence-electron chi connectivity index (χ2n) is 7.81. The lowest BCUT2D eigenvalue weighted by atomic mass is 10.1. The van der Waals surface area contributed by atoms with Gasteiger partial charge in [0.15, 0.2) is 15.1 Å². The number of sulfone groups is 1. The van der Waals surface area contributed by atoms with E-state index in [-0.39, 0.29) is 16.8 Å². The van der Waals surface area contributed by atoms with Gasteiger partial charge in [-0.3, -0.25) is 9.59 Å². The first-order valence-corrected chi connectivity index (χ1v) is 12.9. The van der Waals surface area contributed by atoms with Crippen molar-refractivity contribution in [3.63, 3.8) is 0 Å². The number of carboxylic acid groups (broad SMARTS) is 1. The highest BCUT2D eigenvalue weighted by atomic mass is 35.5. The fourth-order valence-electron chi connectivity index (χ4n) is 3.66. The zero-order chi connectivity index (χ0) is 26.0.